The number of unbranched alkanes of at least 4 members (excludes halogenated alkanes) is 1. The molecule has 0 radical (unpaired) electrons. The van der Waals surface area contributed by atoms with Gasteiger partial charge in [-0.15, -0.1) is 6.58 Å². The number of hydrogen-bond acceptors (Lipinski definition) is 2. The molecule has 0 unspecified atom stereocenters. The van der Waals surface area contributed by atoms with Gasteiger partial charge in [0.25, 0.3) is 5.91 Å². The van der Waals surface area contributed by atoms with Gasteiger partial charge in [-0.2, -0.15) is 0 Å². The zero-order chi connectivity index (χ0) is 13.5. The molecule has 0 aromatic heterocycles. The maximum atomic E-state index is 13.5. The van der Waals surface area contributed by atoms with E-state index in [9.17, 15) is 9.18 Å². The SMILES string of the molecule is C=CCCCNc1ccc(F)c(C(=O)N(C)C)c1. The third kappa shape index (κ3) is 3.87. The van der Waals surface area contributed by atoms with Gasteiger partial charge in [0, 0.05) is 26.3 Å². The van der Waals surface area contributed by atoms with Gasteiger partial charge in [-0.25, -0.2) is 4.39 Å². The molecule has 1 aromatic rings. The lowest BCUT2D eigenvalue weighted by Crippen LogP contribution is -2.23. The van der Waals surface area contributed by atoms with E-state index in [-0.39, 0.29) is 11.5 Å². The van der Waals surface area contributed by atoms with Gasteiger partial charge < -0.3 is 10.2 Å². The van der Waals surface area contributed by atoms with E-state index in [1.54, 1.807) is 26.2 Å². The van der Waals surface area contributed by atoms with Crippen LogP contribution in [0.2, 0.25) is 0 Å². The second-order valence-electron chi connectivity index (χ2n) is 4.25. The fraction of sp³-hybridized carbons (Fsp3) is 0.357. The third-order valence-electron chi connectivity index (χ3n) is 2.52. The summed E-state index contributed by atoms with van der Waals surface area (Å²) in [7, 11) is 3.21. The quantitative estimate of drug-likeness (QED) is 0.622. The van der Waals surface area contributed by atoms with Crippen LogP contribution in [0.15, 0.2) is 30.9 Å². The monoisotopic (exact) mass is 250 g/mol. The molecule has 0 heterocycles. The first-order chi connectivity index (χ1) is 8.56. The number of allylic oxidation sites excluding steroid dienone is 1. The van der Waals surface area contributed by atoms with Crippen LogP contribution in [0, 0.1) is 5.82 Å². The van der Waals surface area contributed by atoms with Crippen molar-refractivity contribution in [1.29, 1.82) is 0 Å². The number of anilines is 1. The number of amides is 1. The first-order valence-corrected chi connectivity index (χ1v) is 5.92. The molecule has 1 N–H and O–H groups in total. The van der Waals surface area contributed by atoms with Gasteiger partial charge in [0.2, 0.25) is 0 Å². The molecule has 18 heavy (non-hydrogen) atoms. The molecule has 0 saturated heterocycles. The number of nitrogens with zero attached hydrogens (tertiary/aromatic N) is 1. The molecule has 98 valence electrons. The lowest BCUT2D eigenvalue weighted by atomic mass is 10.1. The lowest BCUT2D eigenvalue weighted by molar-refractivity contribution is 0.0823. The Morgan fingerprint density at radius 1 is 1.50 bits per heavy atom. The summed E-state index contributed by atoms with van der Waals surface area (Å²) in [5.41, 5.74) is 0.847. The Bertz CT molecular complexity index is 430. The van der Waals surface area contributed by atoms with Crippen molar-refractivity contribution in [3.8, 4) is 0 Å². The summed E-state index contributed by atoms with van der Waals surface area (Å²) in [4.78, 5) is 13.1. The fourth-order valence-electron chi connectivity index (χ4n) is 1.52. The van der Waals surface area contributed by atoms with Crippen molar-refractivity contribution in [2.45, 2.75) is 12.8 Å². The molecule has 0 aliphatic carbocycles. The molecule has 0 spiro atoms. The van der Waals surface area contributed by atoms with Gasteiger partial charge in [0.1, 0.15) is 5.82 Å². The molecule has 0 bridgehead atoms. The Morgan fingerprint density at radius 2 is 2.22 bits per heavy atom. The number of hydrogen-bond donors (Lipinski definition) is 1. The lowest BCUT2D eigenvalue weighted by Gasteiger charge is -2.13. The van der Waals surface area contributed by atoms with Crippen LogP contribution in [0.5, 0.6) is 0 Å². The van der Waals surface area contributed by atoms with Crippen LogP contribution in [0.1, 0.15) is 23.2 Å². The van der Waals surface area contributed by atoms with Crippen LogP contribution >= 0.6 is 0 Å². The number of carbonyl (C=O) groups excluding carboxylic acids is 1. The summed E-state index contributed by atoms with van der Waals surface area (Å²) in [6.07, 6.45) is 3.74. The van der Waals surface area contributed by atoms with E-state index in [1.807, 2.05) is 6.08 Å². The average Bonchev–Trinajstić information content (AvgIpc) is 2.35. The second kappa shape index (κ2) is 6.79. The first-order valence-electron chi connectivity index (χ1n) is 5.92. The van der Waals surface area contributed by atoms with E-state index >= 15 is 0 Å². The summed E-state index contributed by atoms with van der Waals surface area (Å²) >= 11 is 0. The highest BCUT2D eigenvalue weighted by molar-refractivity contribution is 5.95. The molecule has 3 nitrogen and oxygen atoms in total. The van der Waals surface area contributed by atoms with Gasteiger partial charge in [0.05, 0.1) is 5.56 Å². The van der Waals surface area contributed by atoms with E-state index in [4.69, 9.17) is 0 Å². The van der Waals surface area contributed by atoms with Gasteiger partial charge >= 0.3 is 0 Å². The van der Waals surface area contributed by atoms with Crippen LogP contribution < -0.4 is 5.32 Å². The van der Waals surface area contributed by atoms with E-state index in [1.165, 1.54) is 11.0 Å². The minimum atomic E-state index is -0.495. The predicted molar refractivity (Wildman–Crippen MR) is 72.3 cm³/mol. The Kier molecular flexibility index (Phi) is 5.36. The molecule has 1 aromatic carbocycles. The summed E-state index contributed by atoms with van der Waals surface area (Å²) < 4.78 is 13.5. The topological polar surface area (TPSA) is 32.3 Å². The normalized spacial score (nSPS) is 9.94. The molecular formula is C14H19FN2O. The summed E-state index contributed by atoms with van der Waals surface area (Å²) in [5.74, 6) is -0.826. The largest absolute Gasteiger partial charge is 0.385 e. The van der Waals surface area contributed by atoms with Gasteiger partial charge in [0.15, 0.2) is 0 Å². The molecule has 1 amide bonds. The van der Waals surface area contributed by atoms with Crippen molar-refractivity contribution >= 4 is 11.6 Å². The van der Waals surface area contributed by atoms with Crippen LogP contribution in [-0.4, -0.2) is 31.4 Å². The van der Waals surface area contributed by atoms with Crippen LogP contribution in [0.3, 0.4) is 0 Å². The van der Waals surface area contributed by atoms with Gasteiger partial charge in [-0.1, -0.05) is 6.08 Å². The smallest absolute Gasteiger partial charge is 0.256 e. The second-order valence-corrected chi connectivity index (χ2v) is 4.25. The first kappa shape index (κ1) is 14.2. The maximum Gasteiger partial charge on any atom is 0.256 e. The zero-order valence-electron chi connectivity index (χ0n) is 10.9. The number of rotatable bonds is 6. The highest BCUT2D eigenvalue weighted by atomic mass is 19.1. The third-order valence-corrected chi connectivity index (χ3v) is 2.52. The Hall–Kier alpha value is -1.84. The molecule has 0 saturated carbocycles. The molecular weight excluding hydrogens is 231 g/mol. The van der Waals surface area contributed by atoms with Crippen molar-refractivity contribution in [2.75, 3.05) is 26.0 Å². The maximum absolute atomic E-state index is 13.5. The van der Waals surface area contributed by atoms with Gasteiger partial charge in [-0.05, 0) is 31.0 Å². The zero-order valence-corrected chi connectivity index (χ0v) is 10.9. The number of carbonyl (C=O) groups is 1. The highest BCUT2D eigenvalue weighted by Gasteiger charge is 2.13. The fourth-order valence-corrected chi connectivity index (χ4v) is 1.52. The van der Waals surface area contributed by atoms with Crippen molar-refractivity contribution < 1.29 is 9.18 Å². The van der Waals surface area contributed by atoms with E-state index in [2.05, 4.69) is 11.9 Å². The molecule has 0 atom stereocenters. The minimum Gasteiger partial charge on any atom is -0.385 e. The van der Waals surface area contributed by atoms with Crippen LogP contribution in [0.25, 0.3) is 0 Å². The van der Waals surface area contributed by atoms with Crippen molar-refractivity contribution in [3.05, 3.63) is 42.2 Å². The summed E-state index contributed by atoms with van der Waals surface area (Å²) in [6.45, 7) is 4.42. The number of halogens is 1. The Labute approximate surface area is 107 Å². The summed E-state index contributed by atoms with van der Waals surface area (Å²) in [6, 6.07) is 4.49. The van der Waals surface area contributed by atoms with Crippen molar-refractivity contribution in [2.24, 2.45) is 0 Å². The molecule has 1 rings (SSSR count). The molecule has 4 heteroatoms. The average molecular weight is 250 g/mol. The van der Waals surface area contributed by atoms with Crippen molar-refractivity contribution in [1.82, 2.24) is 4.90 Å². The van der Waals surface area contributed by atoms with Crippen molar-refractivity contribution in [3.63, 3.8) is 0 Å². The standard InChI is InChI=1S/C14H19FN2O/c1-4-5-6-9-16-11-7-8-13(15)12(10-11)14(18)17(2)3/h4,7-8,10,16H,1,5-6,9H2,2-3H3. The Balaban J connectivity index is 2.74. The summed E-state index contributed by atoms with van der Waals surface area (Å²) in [5, 5.41) is 3.16. The number of benzene rings is 1. The highest BCUT2D eigenvalue weighted by Crippen LogP contribution is 2.16. The van der Waals surface area contributed by atoms with Crippen LogP contribution in [-0.2, 0) is 0 Å². The molecule has 0 aliphatic rings. The van der Waals surface area contributed by atoms with E-state index in [0.29, 0.717) is 0 Å². The van der Waals surface area contributed by atoms with E-state index < -0.39 is 5.82 Å². The predicted octanol–water partition coefficient (Wildman–Crippen LogP) is 2.91. The Morgan fingerprint density at radius 3 is 2.83 bits per heavy atom. The van der Waals surface area contributed by atoms with Gasteiger partial charge in [-0.3, -0.25) is 4.79 Å². The molecule has 0 fully saturated rings. The van der Waals surface area contributed by atoms with E-state index in [0.717, 1.165) is 25.1 Å². The molecule has 0 aliphatic heterocycles. The van der Waals surface area contributed by atoms with Crippen LogP contribution in [0.4, 0.5) is 10.1 Å². The number of nitrogens with one attached hydrogen (secondary N) is 1. The minimum absolute atomic E-state index is 0.0914.